The number of halogens is 2. The van der Waals surface area contributed by atoms with Gasteiger partial charge >= 0.3 is 6.09 Å². The Morgan fingerprint density at radius 2 is 1.87 bits per heavy atom. The largest absolute Gasteiger partial charge is 0.465 e. The Bertz CT molecular complexity index is 1000. The molecule has 1 aliphatic carbocycles. The van der Waals surface area contributed by atoms with Crippen molar-refractivity contribution >= 4 is 35.1 Å². The van der Waals surface area contributed by atoms with Crippen LogP contribution >= 0.6 is 0 Å². The number of primary amides is 1. The highest BCUT2D eigenvalue weighted by atomic mass is 19.1. The molecule has 7 N–H and O–H groups in total. The third-order valence-corrected chi connectivity index (χ3v) is 4.91. The van der Waals surface area contributed by atoms with Crippen molar-refractivity contribution in [2.24, 2.45) is 11.7 Å². The number of carbonyl (C=O) groups is 2. The van der Waals surface area contributed by atoms with Crippen molar-refractivity contribution in [3.63, 3.8) is 0 Å². The van der Waals surface area contributed by atoms with Crippen LogP contribution in [0.2, 0.25) is 0 Å². The first-order chi connectivity index (χ1) is 14.7. The molecule has 0 spiro atoms. The first-order valence-corrected chi connectivity index (χ1v) is 9.56. The molecule has 1 aliphatic rings. The van der Waals surface area contributed by atoms with E-state index in [4.69, 9.17) is 10.8 Å². The number of anilines is 4. The fourth-order valence-electron chi connectivity index (χ4n) is 3.25. The van der Waals surface area contributed by atoms with E-state index >= 15 is 0 Å². The molecule has 2 atom stereocenters. The molecule has 1 saturated carbocycles. The Labute approximate surface area is 176 Å². The lowest BCUT2D eigenvalue weighted by molar-refractivity contribution is 0.1000. The Kier molecular flexibility index (Phi) is 6.37. The first kappa shape index (κ1) is 22.0. The molecule has 0 unspecified atom stereocenters. The van der Waals surface area contributed by atoms with Crippen LogP contribution < -0.4 is 27.0 Å². The van der Waals surface area contributed by atoms with Gasteiger partial charge in [0.25, 0.3) is 5.91 Å². The molecule has 0 saturated heterocycles. The third-order valence-electron chi connectivity index (χ3n) is 4.91. The Morgan fingerprint density at radius 1 is 1.19 bits per heavy atom. The van der Waals surface area contributed by atoms with Gasteiger partial charge in [-0.05, 0) is 31.7 Å². The summed E-state index contributed by atoms with van der Waals surface area (Å²) >= 11 is 0. The van der Waals surface area contributed by atoms with E-state index in [9.17, 15) is 18.4 Å². The maximum atomic E-state index is 14.7. The molecule has 166 valence electrons. The molecular formula is C19H23F2N7O3. The second-order valence-electron chi connectivity index (χ2n) is 7.25. The molecule has 2 aromatic heterocycles. The fourth-order valence-corrected chi connectivity index (χ4v) is 3.25. The summed E-state index contributed by atoms with van der Waals surface area (Å²) in [6.45, 7) is 1.66. The molecule has 10 nitrogen and oxygen atoms in total. The summed E-state index contributed by atoms with van der Waals surface area (Å²) in [7, 11) is 1.51. The second kappa shape index (κ2) is 8.98. The monoisotopic (exact) mass is 435 g/mol. The number of aromatic nitrogens is 2. The Morgan fingerprint density at radius 3 is 2.42 bits per heavy atom. The second-order valence-corrected chi connectivity index (χ2v) is 7.25. The minimum Gasteiger partial charge on any atom is -0.465 e. The van der Waals surface area contributed by atoms with Crippen molar-refractivity contribution in [2.45, 2.75) is 31.8 Å². The average molecular weight is 435 g/mol. The number of nitrogens with one attached hydrogen (secondary N) is 4. The van der Waals surface area contributed by atoms with E-state index in [1.165, 1.54) is 13.2 Å². The summed E-state index contributed by atoms with van der Waals surface area (Å²) < 4.78 is 28.7. The van der Waals surface area contributed by atoms with Gasteiger partial charge in [-0.1, -0.05) is 0 Å². The topological polar surface area (TPSA) is 154 Å². The molecule has 0 aromatic carbocycles. The highest BCUT2D eigenvalue weighted by Crippen LogP contribution is 2.36. The molecule has 2 amide bonds. The average Bonchev–Trinajstić information content (AvgIpc) is 3.52. The van der Waals surface area contributed by atoms with E-state index in [1.54, 1.807) is 6.92 Å². The number of nitrogens with zero attached hydrogens (tertiary/aromatic N) is 2. The zero-order chi connectivity index (χ0) is 22.7. The fraction of sp³-hybridized carbons (Fsp3) is 0.368. The Balaban J connectivity index is 1.92. The number of amides is 2. The minimum atomic E-state index is -1.20. The van der Waals surface area contributed by atoms with Crippen molar-refractivity contribution in [1.82, 2.24) is 15.3 Å². The van der Waals surface area contributed by atoms with Gasteiger partial charge in [0.2, 0.25) is 0 Å². The number of rotatable bonds is 9. The SMILES string of the molecule is CNc1ncc(Nc2nc(N[C@@H](C3CC3)[C@H](C)NC(=O)O)c(F)cc2C(N)=O)cc1F. The van der Waals surface area contributed by atoms with Crippen LogP contribution in [0.3, 0.4) is 0 Å². The van der Waals surface area contributed by atoms with Gasteiger partial charge in [0.1, 0.15) is 5.82 Å². The van der Waals surface area contributed by atoms with Crippen molar-refractivity contribution in [3.8, 4) is 0 Å². The first-order valence-electron chi connectivity index (χ1n) is 9.56. The van der Waals surface area contributed by atoms with E-state index in [1.807, 2.05) is 0 Å². The standard InChI is InChI=1S/C19H23F2N7O3/c1-8(25-19(30)31)14(9-3-4-9)27-18-13(21)6-11(15(22)29)16(28-18)26-10-5-12(20)17(23-2)24-7-10/h5-9,14,25H,3-4H2,1-2H3,(H2,22,29)(H,23,24)(H,30,31)(H2,26,27,28)/t8-,14+/m0/s1. The van der Waals surface area contributed by atoms with E-state index in [0.29, 0.717) is 0 Å². The molecular weight excluding hydrogens is 412 g/mol. The van der Waals surface area contributed by atoms with Crippen LogP contribution in [0.25, 0.3) is 0 Å². The molecule has 0 radical (unpaired) electrons. The summed E-state index contributed by atoms with van der Waals surface area (Å²) in [4.78, 5) is 30.8. The molecule has 2 heterocycles. The highest BCUT2D eigenvalue weighted by Gasteiger charge is 2.36. The maximum absolute atomic E-state index is 14.7. The van der Waals surface area contributed by atoms with Gasteiger partial charge in [-0.25, -0.2) is 23.5 Å². The van der Waals surface area contributed by atoms with Gasteiger partial charge in [0, 0.05) is 19.2 Å². The van der Waals surface area contributed by atoms with Crippen LogP contribution in [-0.4, -0.2) is 46.2 Å². The lowest BCUT2D eigenvalue weighted by Gasteiger charge is -2.26. The maximum Gasteiger partial charge on any atom is 0.404 e. The quantitative estimate of drug-likeness (QED) is 0.351. The number of carbonyl (C=O) groups excluding carboxylic acids is 1. The molecule has 2 aromatic rings. The summed E-state index contributed by atoms with van der Waals surface area (Å²) in [5.41, 5.74) is 5.28. The minimum absolute atomic E-state index is 0.0299. The van der Waals surface area contributed by atoms with E-state index < -0.39 is 35.7 Å². The molecule has 1 fully saturated rings. The van der Waals surface area contributed by atoms with Crippen LogP contribution in [-0.2, 0) is 0 Å². The Hall–Kier alpha value is -3.70. The van der Waals surface area contributed by atoms with Crippen molar-refractivity contribution in [2.75, 3.05) is 23.0 Å². The van der Waals surface area contributed by atoms with Crippen LogP contribution in [0.5, 0.6) is 0 Å². The summed E-state index contributed by atoms with van der Waals surface area (Å²) in [5.74, 6) is -2.52. The van der Waals surface area contributed by atoms with Crippen LogP contribution in [0.15, 0.2) is 18.3 Å². The summed E-state index contributed by atoms with van der Waals surface area (Å²) in [5, 5.41) is 19.6. The van der Waals surface area contributed by atoms with Crippen LogP contribution in [0.1, 0.15) is 30.1 Å². The zero-order valence-electron chi connectivity index (χ0n) is 16.9. The van der Waals surface area contributed by atoms with Crippen molar-refractivity contribution in [3.05, 3.63) is 35.5 Å². The zero-order valence-corrected chi connectivity index (χ0v) is 16.9. The van der Waals surface area contributed by atoms with Crippen LogP contribution in [0.4, 0.5) is 36.7 Å². The lowest BCUT2D eigenvalue weighted by atomic mass is 10.0. The van der Waals surface area contributed by atoms with Gasteiger partial charge in [-0.15, -0.1) is 0 Å². The number of pyridine rings is 2. The van der Waals surface area contributed by atoms with E-state index in [2.05, 4.69) is 31.2 Å². The third kappa shape index (κ3) is 5.27. The molecule has 3 rings (SSSR count). The van der Waals surface area contributed by atoms with Crippen molar-refractivity contribution in [1.29, 1.82) is 0 Å². The van der Waals surface area contributed by atoms with Gasteiger partial charge < -0.3 is 32.1 Å². The van der Waals surface area contributed by atoms with E-state index in [0.717, 1.165) is 25.0 Å². The molecule has 0 bridgehead atoms. The smallest absolute Gasteiger partial charge is 0.404 e. The highest BCUT2D eigenvalue weighted by molar-refractivity contribution is 5.98. The van der Waals surface area contributed by atoms with Gasteiger partial charge in [0.05, 0.1) is 23.5 Å². The number of hydrogen-bond donors (Lipinski definition) is 6. The summed E-state index contributed by atoms with van der Waals surface area (Å²) in [6, 6.07) is 1.11. The lowest BCUT2D eigenvalue weighted by Crippen LogP contribution is -2.45. The number of nitrogens with two attached hydrogens (primary N) is 1. The van der Waals surface area contributed by atoms with Gasteiger partial charge in [-0.3, -0.25) is 4.79 Å². The molecule has 12 heteroatoms. The summed E-state index contributed by atoms with van der Waals surface area (Å²) in [6.07, 6.45) is 1.83. The predicted octanol–water partition coefficient (Wildman–Crippen LogP) is 2.49. The van der Waals surface area contributed by atoms with Gasteiger partial charge in [-0.2, -0.15) is 0 Å². The number of carboxylic acid groups (broad SMARTS) is 1. The molecule has 0 aliphatic heterocycles. The van der Waals surface area contributed by atoms with Crippen LogP contribution in [0, 0.1) is 17.6 Å². The normalized spacial score (nSPS) is 15.0. The predicted molar refractivity (Wildman–Crippen MR) is 110 cm³/mol. The van der Waals surface area contributed by atoms with Gasteiger partial charge in [0.15, 0.2) is 23.3 Å². The van der Waals surface area contributed by atoms with Crippen molar-refractivity contribution < 1.29 is 23.5 Å². The molecule has 31 heavy (non-hydrogen) atoms. The number of hydrogen-bond acceptors (Lipinski definition) is 7. The van der Waals surface area contributed by atoms with E-state index in [-0.39, 0.29) is 34.6 Å².